The van der Waals surface area contributed by atoms with E-state index in [2.05, 4.69) is 6.92 Å². The number of para-hydroxylation sites is 2. The number of carboxylic acid groups (broad SMARTS) is 1. The second-order valence-corrected chi connectivity index (χ2v) is 13.3. The third-order valence-electron chi connectivity index (χ3n) is 9.17. The monoisotopic (exact) mass is 703 g/mol. The highest BCUT2D eigenvalue weighted by Crippen LogP contribution is 2.41. The fraction of sp³-hybridized carbons (Fsp3) is 0.667. The number of carbonyl (C=O) groups is 3. The zero-order chi connectivity index (χ0) is 36.9. The number of ether oxygens (including phenoxy) is 3. The summed E-state index contributed by atoms with van der Waals surface area (Å²) in [5.41, 5.74) is 1.02. The number of esters is 2. The number of unbranched alkanes of at least 4 members (excludes halogenated alkanes) is 10. The fourth-order valence-corrected chi connectivity index (χ4v) is 6.08. The van der Waals surface area contributed by atoms with Gasteiger partial charge in [0.15, 0.2) is 0 Å². The van der Waals surface area contributed by atoms with Crippen molar-refractivity contribution >= 4 is 17.9 Å². The molecule has 0 bridgehead atoms. The van der Waals surface area contributed by atoms with Crippen molar-refractivity contribution in [2.45, 2.75) is 124 Å². The van der Waals surface area contributed by atoms with Gasteiger partial charge in [0.1, 0.15) is 12.4 Å². The maximum atomic E-state index is 13.3. The van der Waals surface area contributed by atoms with Crippen molar-refractivity contribution in [3.63, 3.8) is 0 Å². The molecular formula is C39H61NO10. The topological polar surface area (TPSA) is 165 Å². The Morgan fingerprint density at radius 3 is 1.94 bits per heavy atom. The van der Waals surface area contributed by atoms with E-state index in [1.807, 2.05) is 13.0 Å². The van der Waals surface area contributed by atoms with Gasteiger partial charge in [-0.2, -0.15) is 0 Å². The van der Waals surface area contributed by atoms with E-state index in [0.717, 1.165) is 25.7 Å². The van der Waals surface area contributed by atoms with Crippen LogP contribution in [0.2, 0.25) is 0 Å². The van der Waals surface area contributed by atoms with Gasteiger partial charge in [-0.25, -0.2) is 4.57 Å². The maximum Gasteiger partial charge on any atom is 0.309 e. The summed E-state index contributed by atoms with van der Waals surface area (Å²) in [6.07, 6.45) is 13.2. The third-order valence-corrected chi connectivity index (χ3v) is 9.17. The molecule has 0 saturated heterocycles. The molecule has 1 aromatic carbocycles. The number of nitrogens with zero attached hydrogens (tertiary/aromatic N) is 1. The summed E-state index contributed by atoms with van der Waals surface area (Å²) in [6.45, 7) is 7.25. The van der Waals surface area contributed by atoms with E-state index < -0.39 is 42.3 Å². The van der Waals surface area contributed by atoms with Crippen molar-refractivity contribution in [1.82, 2.24) is 4.57 Å². The van der Waals surface area contributed by atoms with Crippen LogP contribution >= 0.6 is 0 Å². The molecule has 50 heavy (non-hydrogen) atoms. The van der Waals surface area contributed by atoms with Crippen LogP contribution in [0.25, 0.3) is 5.69 Å². The average Bonchev–Trinajstić information content (AvgIpc) is 3.31. The molecule has 0 fully saturated rings. The lowest BCUT2D eigenvalue weighted by Crippen LogP contribution is -2.30. The van der Waals surface area contributed by atoms with Crippen molar-refractivity contribution in [3.8, 4) is 23.2 Å². The largest absolute Gasteiger partial charge is 0.494 e. The Bertz CT molecular complexity index is 1310. The van der Waals surface area contributed by atoms with Crippen LogP contribution in [0.5, 0.6) is 17.5 Å². The van der Waals surface area contributed by atoms with Gasteiger partial charge < -0.3 is 34.6 Å². The SMILES string of the molecule is CCCCCCCCCCCCOc1ccccc1-n1c(O)c(C)c(CC(CC(CC(C)C(=O)O)C(=O)OCCCC)C(=O)OCCO)c1O. The first-order valence-corrected chi connectivity index (χ1v) is 18.6. The van der Waals surface area contributed by atoms with Crippen LogP contribution in [0.4, 0.5) is 0 Å². The first kappa shape index (κ1) is 42.4. The van der Waals surface area contributed by atoms with E-state index in [-0.39, 0.29) is 49.8 Å². The zero-order valence-electron chi connectivity index (χ0n) is 30.7. The van der Waals surface area contributed by atoms with Crippen LogP contribution in [-0.2, 0) is 30.3 Å². The van der Waals surface area contributed by atoms with Crippen LogP contribution in [0.3, 0.4) is 0 Å². The predicted molar refractivity (Wildman–Crippen MR) is 192 cm³/mol. The van der Waals surface area contributed by atoms with Crippen molar-refractivity contribution in [2.75, 3.05) is 26.4 Å². The summed E-state index contributed by atoms with van der Waals surface area (Å²) >= 11 is 0. The normalized spacial score (nSPS) is 13.1. The molecule has 0 saturated carbocycles. The number of hydrogen-bond donors (Lipinski definition) is 4. The average molecular weight is 704 g/mol. The maximum absolute atomic E-state index is 13.3. The smallest absolute Gasteiger partial charge is 0.309 e. The Balaban J connectivity index is 2.25. The molecule has 0 aliphatic rings. The van der Waals surface area contributed by atoms with Crippen LogP contribution in [-0.4, -0.2) is 69.3 Å². The molecule has 2 rings (SSSR count). The summed E-state index contributed by atoms with van der Waals surface area (Å²) in [7, 11) is 0. The molecule has 11 nitrogen and oxygen atoms in total. The number of rotatable bonds is 27. The molecule has 3 unspecified atom stereocenters. The Labute approximate surface area is 297 Å². The number of carboxylic acids is 1. The fourth-order valence-electron chi connectivity index (χ4n) is 6.08. The molecule has 0 amide bonds. The Hall–Kier alpha value is -3.73. The molecule has 1 heterocycles. The Morgan fingerprint density at radius 1 is 0.740 bits per heavy atom. The van der Waals surface area contributed by atoms with E-state index in [1.54, 1.807) is 25.1 Å². The molecule has 3 atom stereocenters. The Kier molecular flexibility index (Phi) is 20.1. The van der Waals surface area contributed by atoms with Gasteiger partial charge in [0.05, 0.1) is 43.3 Å². The molecule has 4 N–H and O–H groups in total. The van der Waals surface area contributed by atoms with Crippen LogP contribution in [0.15, 0.2) is 24.3 Å². The highest BCUT2D eigenvalue weighted by atomic mass is 16.5. The number of aliphatic hydroxyl groups is 1. The van der Waals surface area contributed by atoms with Crippen LogP contribution < -0.4 is 4.74 Å². The molecule has 1 aromatic heterocycles. The van der Waals surface area contributed by atoms with E-state index in [4.69, 9.17) is 14.2 Å². The lowest BCUT2D eigenvalue weighted by molar-refractivity contribution is -0.154. The number of aliphatic carboxylic acids is 1. The summed E-state index contributed by atoms with van der Waals surface area (Å²) in [4.78, 5) is 38.1. The zero-order valence-corrected chi connectivity index (χ0v) is 30.7. The Morgan fingerprint density at radius 2 is 1.32 bits per heavy atom. The number of carbonyl (C=O) groups excluding carboxylic acids is 2. The van der Waals surface area contributed by atoms with E-state index in [9.17, 15) is 34.8 Å². The van der Waals surface area contributed by atoms with Gasteiger partial charge in [-0.3, -0.25) is 14.4 Å². The van der Waals surface area contributed by atoms with Gasteiger partial charge in [0, 0.05) is 11.1 Å². The van der Waals surface area contributed by atoms with Gasteiger partial charge in [0.2, 0.25) is 11.8 Å². The van der Waals surface area contributed by atoms with Gasteiger partial charge in [-0.15, -0.1) is 0 Å². The second-order valence-electron chi connectivity index (χ2n) is 13.3. The van der Waals surface area contributed by atoms with E-state index in [0.29, 0.717) is 30.0 Å². The summed E-state index contributed by atoms with van der Waals surface area (Å²) in [5, 5.41) is 41.6. The number of hydrogen-bond acceptors (Lipinski definition) is 9. The minimum absolute atomic E-state index is 0.0644. The third kappa shape index (κ3) is 13.9. The number of aliphatic hydroxyl groups excluding tert-OH is 1. The lowest BCUT2D eigenvalue weighted by Gasteiger charge is -2.23. The van der Waals surface area contributed by atoms with Gasteiger partial charge >= 0.3 is 17.9 Å². The highest BCUT2D eigenvalue weighted by Gasteiger charge is 2.34. The van der Waals surface area contributed by atoms with Crippen molar-refractivity contribution in [3.05, 3.63) is 35.4 Å². The molecule has 282 valence electrons. The standard InChI is InChI=1S/C39H61NO10/c1-5-7-9-10-11-12-13-14-15-18-23-48-34-20-17-16-19-33(34)40-35(42)29(4)32(36(40)43)27-31(39(47)50-24-21-41)26-30(25-28(3)37(44)45)38(46)49-22-8-6-2/h16-17,19-20,28,30-31,41-43H,5-15,18,21-27H2,1-4H3,(H,44,45). The summed E-state index contributed by atoms with van der Waals surface area (Å²) < 4.78 is 18.1. The van der Waals surface area contributed by atoms with Crippen molar-refractivity contribution in [1.29, 1.82) is 0 Å². The quantitative estimate of drug-likeness (QED) is 0.0536. The predicted octanol–water partition coefficient (Wildman–Crippen LogP) is 7.65. The minimum atomic E-state index is -1.08. The number of aromatic hydroxyl groups is 2. The van der Waals surface area contributed by atoms with Gasteiger partial charge in [-0.05, 0) is 51.2 Å². The molecule has 0 aliphatic carbocycles. The van der Waals surface area contributed by atoms with Crippen molar-refractivity contribution in [2.24, 2.45) is 17.8 Å². The van der Waals surface area contributed by atoms with E-state index >= 15 is 0 Å². The molecule has 0 spiro atoms. The van der Waals surface area contributed by atoms with E-state index in [1.165, 1.54) is 56.4 Å². The van der Waals surface area contributed by atoms with Gasteiger partial charge in [-0.1, -0.05) is 97.1 Å². The molecular weight excluding hydrogens is 642 g/mol. The molecule has 0 radical (unpaired) electrons. The molecule has 0 aliphatic heterocycles. The first-order valence-electron chi connectivity index (χ1n) is 18.6. The number of benzene rings is 1. The summed E-state index contributed by atoms with van der Waals surface area (Å²) in [6, 6.07) is 7.07. The first-order chi connectivity index (χ1) is 24.1. The van der Waals surface area contributed by atoms with Crippen LogP contribution in [0, 0.1) is 24.7 Å². The number of aromatic nitrogens is 1. The van der Waals surface area contributed by atoms with Crippen molar-refractivity contribution < 1.29 is 49.0 Å². The minimum Gasteiger partial charge on any atom is -0.494 e. The molecule has 11 heteroatoms. The second kappa shape index (κ2) is 23.6. The van der Waals surface area contributed by atoms with Crippen LogP contribution in [0.1, 0.15) is 122 Å². The highest BCUT2D eigenvalue weighted by molar-refractivity contribution is 5.77. The summed E-state index contributed by atoms with van der Waals surface area (Å²) in [5.74, 6) is -5.31. The molecule has 2 aromatic rings. The van der Waals surface area contributed by atoms with Gasteiger partial charge in [0.25, 0.3) is 0 Å². The lowest BCUT2D eigenvalue weighted by atomic mass is 9.84.